The van der Waals surface area contributed by atoms with Crippen molar-refractivity contribution in [1.82, 2.24) is 10.6 Å². The molecular weight excluding hydrogens is 318 g/mol. The summed E-state index contributed by atoms with van der Waals surface area (Å²) in [4.78, 5) is 4.71. The van der Waals surface area contributed by atoms with Crippen LogP contribution in [0.5, 0.6) is 0 Å². The lowest BCUT2D eigenvalue weighted by Gasteiger charge is -2.27. The van der Waals surface area contributed by atoms with E-state index in [0.29, 0.717) is 19.8 Å². The highest BCUT2D eigenvalue weighted by Crippen LogP contribution is 2.31. The number of methoxy groups -OCH3 is 1. The normalized spacial score (nSPS) is 20.7. The number of hydrogen-bond acceptors (Lipinski definition) is 4. The van der Waals surface area contributed by atoms with Gasteiger partial charge < -0.3 is 25.2 Å². The SMILES string of the molecule is CCNC(=NCc1ccccc1COC)NCC1(CCO)CCOC1. The Bertz CT molecular complexity index is 542. The lowest BCUT2D eigenvalue weighted by molar-refractivity contribution is 0.127. The van der Waals surface area contributed by atoms with E-state index in [9.17, 15) is 5.11 Å². The van der Waals surface area contributed by atoms with Crippen LogP contribution in [0.1, 0.15) is 30.9 Å². The summed E-state index contributed by atoms with van der Waals surface area (Å²) >= 11 is 0. The van der Waals surface area contributed by atoms with Gasteiger partial charge in [-0.2, -0.15) is 0 Å². The Morgan fingerprint density at radius 2 is 2.12 bits per heavy atom. The molecule has 0 saturated carbocycles. The Balaban J connectivity index is 2.00. The van der Waals surface area contributed by atoms with Gasteiger partial charge in [-0.05, 0) is 30.9 Å². The molecule has 1 unspecified atom stereocenters. The van der Waals surface area contributed by atoms with Gasteiger partial charge in [0, 0.05) is 38.8 Å². The molecule has 0 radical (unpaired) electrons. The van der Waals surface area contributed by atoms with E-state index in [2.05, 4.69) is 29.7 Å². The first kappa shape index (κ1) is 19.7. The van der Waals surface area contributed by atoms with E-state index in [-0.39, 0.29) is 12.0 Å². The molecule has 2 rings (SSSR count). The van der Waals surface area contributed by atoms with Crippen LogP contribution in [0.15, 0.2) is 29.3 Å². The van der Waals surface area contributed by atoms with Crippen molar-refractivity contribution in [2.45, 2.75) is 32.9 Å². The van der Waals surface area contributed by atoms with Gasteiger partial charge >= 0.3 is 0 Å². The van der Waals surface area contributed by atoms with Crippen molar-refractivity contribution in [2.24, 2.45) is 10.4 Å². The minimum Gasteiger partial charge on any atom is -0.396 e. The zero-order valence-corrected chi connectivity index (χ0v) is 15.4. The molecule has 0 spiro atoms. The number of aliphatic hydroxyl groups is 1. The number of ether oxygens (including phenoxy) is 2. The smallest absolute Gasteiger partial charge is 0.191 e. The quantitative estimate of drug-likeness (QED) is 0.467. The highest BCUT2D eigenvalue weighted by atomic mass is 16.5. The molecule has 0 amide bonds. The first-order valence-electron chi connectivity index (χ1n) is 8.99. The molecule has 1 atom stereocenters. The molecule has 6 heteroatoms. The molecule has 25 heavy (non-hydrogen) atoms. The van der Waals surface area contributed by atoms with Crippen LogP contribution >= 0.6 is 0 Å². The van der Waals surface area contributed by atoms with E-state index in [4.69, 9.17) is 14.5 Å². The molecular formula is C19H31N3O3. The van der Waals surface area contributed by atoms with E-state index >= 15 is 0 Å². The van der Waals surface area contributed by atoms with Gasteiger partial charge in [-0.3, -0.25) is 0 Å². The Kier molecular flexibility index (Phi) is 8.18. The van der Waals surface area contributed by atoms with Crippen molar-refractivity contribution in [3.05, 3.63) is 35.4 Å². The average molecular weight is 349 g/mol. The van der Waals surface area contributed by atoms with Gasteiger partial charge in [0.25, 0.3) is 0 Å². The van der Waals surface area contributed by atoms with Gasteiger partial charge in [0.15, 0.2) is 5.96 Å². The van der Waals surface area contributed by atoms with Crippen LogP contribution in [0.4, 0.5) is 0 Å². The summed E-state index contributed by atoms with van der Waals surface area (Å²) < 4.78 is 10.8. The molecule has 1 aromatic rings. The average Bonchev–Trinajstić information content (AvgIpc) is 3.08. The predicted molar refractivity (Wildman–Crippen MR) is 99.5 cm³/mol. The molecule has 3 N–H and O–H groups in total. The molecule has 0 aromatic heterocycles. The number of aliphatic hydroxyl groups excluding tert-OH is 1. The standard InChI is InChI=1S/C19H31N3O3/c1-3-20-18(22-14-19(8-10-23)9-11-25-15-19)21-12-16-6-4-5-7-17(16)13-24-2/h4-7,23H,3,8-15H2,1-2H3,(H2,20,21,22). The van der Waals surface area contributed by atoms with Crippen molar-refractivity contribution in [3.63, 3.8) is 0 Å². The summed E-state index contributed by atoms with van der Waals surface area (Å²) in [6.45, 7) is 6.43. The summed E-state index contributed by atoms with van der Waals surface area (Å²) in [6.07, 6.45) is 1.71. The Hall–Kier alpha value is -1.63. The second kappa shape index (κ2) is 10.4. The largest absolute Gasteiger partial charge is 0.396 e. The first-order valence-corrected chi connectivity index (χ1v) is 8.99. The van der Waals surface area contributed by atoms with Gasteiger partial charge in [-0.1, -0.05) is 24.3 Å². The number of aliphatic imine (C=N–C) groups is 1. The Morgan fingerprint density at radius 3 is 2.76 bits per heavy atom. The lowest BCUT2D eigenvalue weighted by atomic mass is 9.84. The molecule has 1 fully saturated rings. The van der Waals surface area contributed by atoms with Crippen LogP contribution in [-0.4, -0.2) is 51.1 Å². The highest BCUT2D eigenvalue weighted by Gasteiger charge is 2.34. The van der Waals surface area contributed by atoms with Crippen LogP contribution in [0.3, 0.4) is 0 Å². The van der Waals surface area contributed by atoms with Gasteiger partial charge in [-0.25, -0.2) is 4.99 Å². The van der Waals surface area contributed by atoms with E-state index in [1.807, 2.05) is 12.1 Å². The molecule has 6 nitrogen and oxygen atoms in total. The maximum atomic E-state index is 9.35. The third kappa shape index (κ3) is 5.99. The number of guanidine groups is 1. The molecule has 1 aliphatic rings. The molecule has 140 valence electrons. The maximum absolute atomic E-state index is 9.35. The zero-order valence-electron chi connectivity index (χ0n) is 15.4. The van der Waals surface area contributed by atoms with E-state index < -0.39 is 0 Å². The van der Waals surface area contributed by atoms with Gasteiger partial charge in [-0.15, -0.1) is 0 Å². The first-order chi connectivity index (χ1) is 12.2. The number of hydrogen-bond donors (Lipinski definition) is 3. The highest BCUT2D eigenvalue weighted by molar-refractivity contribution is 5.79. The minimum absolute atomic E-state index is 0.00109. The molecule has 1 aromatic carbocycles. The van der Waals surface area contributed by atoms with Crippen molar-refractivity contribution in [3.8, 4) is 0 Å². The van der Waals surface area contributed by atoms with Crippen molar-refractivity contribution in [1.29, 1.82) is 0 Å². The topological polar surface area (TPSA) is 75.1 Å². The van der Waals surface area contributed by atoms with Crippen LogP contribution in [0.25, 0.3) is 0 Å². The summed E-state index contributed by atoms with van der Waals surface area (Å²) in [5.74, 6) is 0.791. The van der Waals surface area contributed by atoms with Crippen molar-refractivity contribution in [2.75, 3.05) is 40.0 Å². The molecule has 0 bridgehead atoms. The van der Waals surface area contributed by atoms with Crippen molar-refractivity contribution >= 4 is 5.96 Å². The van der Waals surface area contributed by atoms with E-state index in [1.54, 1.807) is 7.11 Å². The molecule has 1 heterocycles. The number of nitrogens with zero attached hydrogens (tertiary/aromatic N) is 1. The number of nitrogens with one attached hydrogen (secondary N) is 2. The fourth-order valence-corrected chi connectivity index (χ4v) is 3.10. The molecule has 1 saturated heterocycles. The Morgan fingerprint density at radius 1 is 1.32 bits per heavy atom. The Labute approximate surface area is 150 Å². The summed E-state index contributed by atoms with van der Waals surface area (Å²) in [5.41, 5.74) is 2.32. The second-order valence-electron chi connectivity index (χ2n) is 6.53. The van der Waals surface area contributed by atoms with Crippen LogP contribution in [0.2, 0.25) is 0 Å². The molecule has 0 aliphatic carbocycles. The van der Waals surface area contributed by atoms with Crippen LogP contribution in [0, 0.1) is 5.41 Å². The fourth-order valence-electron chi connectivity index (χ4n) is 3.10. The monoisotopic (exact) mass is 349 g/mol. The fraction of sp³-hybridized carbons (Fsp3) is 0.632. The van der Waals surface area contributed by atoms with E-state index in [1.165, 1.54) is 0 Å². The number of rotatable bonds is 9. The summed E-state index contributed by atoms with van der Waals surface area (Å²) in [6, 6.07) is 8.19. The van der Waals surface area contributed by atoms with Crippen LogP contribution in [-0.2, 0) is 22.6 Å². The summed E-state index contributed by atoms with van der Waals surface area (Å²) in [5, 5.41) is 16.1. The van der Waals surface area contributed by atoms with Crippen LogP contribution < -0.4 is 10.6 Å². The van der Waals surface area contributed by atoms with Gasteiger partial charge in [0.1, 0.15) is 0 Å². The number of benzene rings is 1. The van der Waals surface area contributed by atoms with Gasteiger partial charge in [0.05, 0.1) is 19.8 Å². The third-order valence-electron chi connectivity index (χ3n) is 4.63. The minimum atomic E-state index is -0.00109. The lowest BCUT2D eigenvalue weighted by Crippen LogP contribution is -2.44. The predicted octanol–water partition coefficient (Wildman–Crippen LogP) is 1.68. The van der Waals surface area contributed by atoms with Crippen molar-refractivity contribution < 1.29 is 14.6 Å². The van der Waals surface area contributed by atoms with Gasteiger partial charge in [0.2, 0.25) is 0 Å². The molecule has 1 aliphatic heterocycles. The maximum Gasteiger partial charge on any atom is 0.191 e. The van der Waals surface area contributed by atoms with E-state index in [0.717, 1.165) is 49.6 Å². The second-order valence-corrected chi connectivity index (χ2v) is 6.53. The summed E-state index contributed by atoms with van der Waals surface area (Å²) in [7, 11) is 1.70. The zero-order chi connectivity index (χ0) is 18.0. The third-order valence-corrected chi connectivity index (χ3v) is 4.63.